The zero-order valence-electron chi connectivity index (χ0n) is 18.4. The smallest absolute Gasteiger partial charge is 0.326 e. The van der Waals surface area contributed by atoms with Crippen LogP contribution in [0.15, 0.2) is 0 Å². The van der Waals surface area contributed by atoms with E-state index in [0.29, 0.717) is 12.8 Å². The summed E-state index contributed by atoms with van der Waals surface area (Å²) in [5, 5.41) is 28.6. The first-order valence-corrected chi connectivity index (χ1v) is 10.6. The Kier molecular flexibility index (Phi) is 10.4. The number of aliphatic carboxylic acids is 2. The molecule has 31 heavy (non-hydrogen) atoms. The van der Waals surface area contributed by atoms with Crippen molar-refractivity contribution >= 4 is 29.7 Å². The van der Waals surface area contributed by atoms with Crippen LogP contribution in [0.25, 0.3) is 0 Å². The zero-order valence-corrected chi connectivity index (χ0v) is 18.4. The Morgan fingerprint density at radius 3 is 2.03 bits per heavy atom. The Labute approximate surface area is 181 Å². The van der Waals surface area contributed by atoms with Gasteiger partial charge in [-0.25, -0.2) is 4.79 Å². The first-order valence-electron chi connectivity index (χ1n) is 10.6. The fourth-order valence-electron chi connectivity index (χ4n) is 3.28. The van der Waals surface area contributed by atoms with Crippen LogP contribution in [-0.4, -0.2) is 70.6 Å². The third-order valence-corrected chi connectivity index (χ3v) is 5.41. The number of hydrogen-bond donors (Lipinski definition) is 6. The Balaban J connectivity index is 2.92. The summed E-state index contributed by atoms with van der Waals surface area (Å²) in [6, 6.07) is -3.96. The minimum absolute atomic E-state index is 0.259. The van der Waals surface area contributed by atoms with E-state index in [9.17, 15) is 29.1 Å². The van der Waals surface area contributed by atoms with E-state index in [4.69, 9.17) is 5.11 Å². The molecular formula is C20H34N4O7. The number of rotatable bonds is 12. The minimum Gasteiger partial charge on any atom is -0.481 e. The molecular weight excluding hydrogens is 408 g/mol. The van der Waals surface area contributed by atoms with Gasteiger partial charge in [-0.15, -0.1) is 0 Å². The van der Waals surface area contributed by atoms with Gasteiger partial charge in [-0.05, 0) is 31.2 Å². The van der Waals surface area contributed by atoms with Crippen molar-refractivity contribution in [3.63, 3.8) is 0 Å². The number of nitrogens with one attached hydrogen (secondary N) is 4. The molecule has 0 radical (unpaired) electrons. The molecule has 11 nitrogen and oxygen atoms in total. The van der Waals surface area contributed by atoms with E-state index < -0.39 is 48.3 Å². The van der Waals surface area contributed by atoms with Crippen LogP contribution in [0.3, 0.4) is 0 Å². The van der Waals surface area contributed by atoms with E-state index in [0.717, 1.165) is 13.0 Å². The highest BCUT2D eigenvalue weighted by Crippen LogP contribution is 2.12. The van der Waals surface area contributed by atoms with Crippen molar-refractivity contribution in [2.75, 3.05) is 6.54 Å². The minimum atomic E-state index is -1.62. The van der Waals surface area contributed by atoms with Crippen LogP contribution in [0, 0.1) is 11.8 Å². The summed E-state index contributed by atoms with van der Waals surface area (Å²) in [6.07, 6.45) is 1.26. The number of hydrogen-bond acceptors (Lipinski definition) is 6. The molecule has 0 aromatic rings. The molecule has 1 aliphatic heterocycles. The van der Waals surface area contributed by atoms with Gasteiger partial charge in [0.1, 0.15) is 18.1 Å². The van der Waals surface area contributed by atoms with Gasteiger partial charge in [0.05, 0.1) is 12.5 Å². The quantitative estimate of drug-likeness (QED) is 0.233. The lowest BCUT2D eigenvalue weighted by atomic mass is 9.96. The Morgan fingerprint density at radius 2 is 1.58 bits per heavy atom. The zero-order chi connectivity index (χ0) is 23.7. The molecule has 1 saturated heterocycles. The van der Waals surface area contributed by atoms with E-state index in [1.807, 2.05) is 0 Å². The summed E-state index contributed by atoms with van der Waals surface area (Å²) < 4.78 is 0. The highest BCUT2D eigenvalue weighted by Gasteiger charge is 2.34. The molecule has 11 heteroatoms. The van der Waals surface area contributed by atoms with Gasteiger partial charge in [0, 0.05) is 0 Å². The molecule has 0 saturated carbocycles. The van der Waals surface area contributed by atoms with E-state index >= 15 is 0 Å². The second kappa shape index (κ2) is 12.2. The first kappa shape index (κ1) is 26.3. The number of amides is 3. The summed E-state index contributed by atoms with van der Waals surface area (Å²) >= 11 is 0. The van der Waals surface area contributed by atoms with E-state index in [1.54, 1.807) is 27.7 Å². The topological polar surface area (TPSA) is 174 Å². The molecule has 0 aromatic carbocycles. The molecule has 3 amide bonds. The van der Waals surface area contributed by atoms with Crippen LogP contribution in [-0.2, 0) is 24.0 Å². The SMILES string of the molecule is CCC(C)C(NC(=O)C(NC(=O)C1CCCN1)C(C)C)C(=O)NC(CC(=O)O)C(=O)O. The molecule has 6 N–H and O–H groups in total. The lowest BCUT2D eigenvalue weighted by Crippen LogP contribution is -2.59. The fourth-order valence-corrected chi connectivity index (χ4v) is 3.28. The van der Waals surface area contributed by atoms with Crippen molar-refractivity contribution in [3.05, 3.63) is 0 Å². The van der Waals surface area contributed by atoms with Gasteiger partial charge in [-0.1, -0.05) is 34.1 Å². The summed E-state index contributed by atoms with van der Waals surface area (Å²) in [5.74, 6) is -5.12. The molecule has 1 aliphatic rings. The van der Waals surface area contributed by atoms with Crippen molar-refractivity contribution in [3.8, 4) is 0 Å². The van der Waals surface area contributed by atoms with Crippen molar-refractivity contribution < 1.29 is 34.2 Å². The molecule has 1 fully saturated rings. The third-order valence-electron chi connectivity index (χ3n) is 5.41. The maximum Gasteiger partial charge on any atom is 0.326 e. The molecule has 0 spiro atoms. The van der Waals surface area contributed by atoms with Crippen LogP contribution in [0.5, 0.6) is 0 Å². The van der Waals surface area contributed by atoms with Gasteiger partial charge >= 0.3 is 11.9 Å². The van der Waals surface area contributed by atoms with Gasteiger partial charge in [-0.3, -0.25) is 19.2 Å². The number of carbonyl (C=O) groups is 5. The highest BCUT2D eigenvalue weighted by atomic mass is 16.4. The van der Waals surface area contributed by atoms with E-state index in [2.05, 4.69) is 21.3 Å². The van der Waals surface area contributed by atoms with Crippen molar-refractivity contribution in [2.45, 2.75) is 77.5 Å². The summed E-state index contributed by atoms with van der Waals surface area (Å²) in [6.45, 7) is 7.77. The third kappa shape index (κ3) is 8.16. The molecule has 0 aromatic heterocycles. The fraction of sp³-hybridized carbons (Fsp3) is 0.750. The van der Waals surface area contributed by atoms with Crippen LogP contribution in [0.2, 0.25) is 0 Å². The standard InChI is InChI=1S/C20H34N4O7/c1-5-11(4)16(19(29)22-13(20(30)31)9-14(25)26)24-18(28)15(10(2)3)23-17(27)12-7-6-8-21-12/h10-13,15-16,21H,5-9H2,1-4H3,(H,22,29)(H,23,27)(H,24,28)(H,25,26)(H,30,31). The van der Waals surface area contributed by atoms with Gasteiger partial charge in [0.2, 0.25) is 17.7 Å². The normalized spacial score (nSPS) is 19.7. The van der Waals surface area contributed by atoms with Crippen molar-refractivity contribution in [1.82, 2.24) is 21.3 Å². The van der Waals surface area contributed by atoms with E-state index in [-0.39, 0.29) is 23.8 Å². The van der Waals surface area contributed by atoms with Gasteiger partial charge in [0.25, 0.3) is 0 Å². The van der Waals surface area contributed by atoms with Crippen LogP contribution in [0.1, 0.15) is 53.4 Å². The number of carbonyl (C=O) groups excluding carboxylic acids is 3. The molecule has 1 rings (SSSR count). The maximum absolute atomic E-state index is 12.9. The summed E-state index contributed by atoms with van der Waals surface area (Å²) in [7, 11) is 0. The molecule has 5 atom stereocenters. The Bertz CT molecular complexity index is 676. The predicted molar refractivity (Wildman–Crippen MR) is 111 cm³/mol. The predicted octanol–water partition coefficient (Wildman–Crippen LogP) is -0.546. The van der Waals surface area contributed by atoms with Crippen molar-refractivity contribution in [2.24, 2.45) is 11.8 Å². The molecule has 1 heterocycles. The lowest BCUT2D eigenvalue weighted by Gasteiger charge is -2.29. The number of carboxylic acids is 2. The van der Waals surface area contributed by atoms with Gasteiger partial charge < -0.3 is 31.5 Å². The first-order chi connectivity index (χ1) is 14.5. The van der Waals surface area contributed by atoms with Crippen LogP contribution in [0.4, 0.5) is 0 Å². The molecule has 176 valence electrons. The highest BCUT2D eigenvalue weighted by molar-refractivity contribution is 5.95. The van der Waals surface area contributed by atoms with Gasteiger partial charge in [0.15, 0.2) is 0 Å². The van der Waals surface area contributed by atoms with Crippen LogP contribution < -0.4 is 21.3 Å². The van der Waals surface area contributed by atoms with Gasteiger partial charge in [-0.2, -0.15) is 0 Å². The second-order valence-corrected chi connectivity index (χ2v) is 8.25. The monoisotopic (exact) mass is 442 g/mol. The average Bonchev–Trinajstić information content (AvgIpc) is 3.22. The molecule has 5 unspecified atom stereocenters. The molecule has 0 bridgehead atoms. The van der Waals surface area contributed by atoms with E-state index in [1.165, 1.54) is 0 Å². The largest absolute Gasteiger partial charge is 0.481 e. The average molecular weight is 443 g/mol. The lowest BCUT2D eigenvalue weighted by molar-refractivity contribution is -0.147. The second-order valence-electron chi connectivity index (χ2n) is 8.25. The Hall–Kier alpha value is -2.69. The Morgan fingerprint density at radius 1 is 0.968 bits per heavy atom. The summed E-state index contributed by atoms with van der Waals surface area (Å²) in [4.78, 5) is 60.3. The summed E-state index contributed by atoms with van der Waals surface area (Å²) in [5.41, 5.74) is 0. The number of carboxylic acid groups (broad SMARTS) is 2. The maximum atomic E-state index is 12.9. The molecule has 0 aliphatic carbocycles. The van der Waals surface area contributed by atoms with Crippen molar-refractivity contribution in [1.29, 1.82) is 0 Å². The van der Waals surface area contributed by atoms with Crippen LogP contribution >= 0.6 is 0 Å².